The first kappa shape index (κ1) is 14.1. The van der Waals surface area contributed by atoms with Gasteiger partial charge in [-0.2, -0.15) is 0 Å². The molecule has 2 N–H and O–H groups in total. The average Bonchev–Trinajstić information content (AvgIpc) is 2.20. The minimum Gasteiger partial charge on any atom is -0.379 e. The highest BCUT2D eigenvalue weighted by molar-refractivity contribution is 5.18. The molecular weight excluding hydrogens is 217 g/mol. The lowest BCUT2D eigenvalue weighted by atomic mass is 9.83. The van der Waals surface area contributed by atoms with Crippen LogP contribution < -0.4 is 5.73 Å². The summed E-state index contributed by atoms with van der Waals surface area (Å²) in [4.78, 5) is 0. The third kappa shape index (κ3) is 3.79. The number of ether oxygens (including phenoxy) is 1. The van der Waals surface area contributed by atoms with Crippen LogP contribution in [0.15, 0.2) is 24.3 Å². The summed E-state index contributed by atoms with van der Waals surface area (Å²) in [6.45, 7) is 6.22. The average molecular weight is 239 g/mol. The zero-order valence-electron chi connectivity index (χ0n) is 11.0. The molecule has 0 radical (unpaired) electrons. The van der Waals surface area contributed by atoms with Gasteiger partial charge in [-0.1, -0.05) is 39.0 Å². The molecule has 0 spiro atoms. The molecule has 0 aromatic heterocycles. The van der Waals surface area contributed by atoms with Crippen LogP contribution in [-0.2, 0) is 11.2 Å². The Hall–Kier alpha value is -0.930. The second kappa shape index (κ2) is 5.61. The Morgan fingerprint density at radius 2 is 1.88 bits per heavy atom. The molecule has 2 nitrogen and oxygen atoms in total. The molecule has 96 valence electrons. The highest BCUT2D eigenvalue weighted by Crippen LogP contribution is 2.25. The molecule has 0 aliphatic rings. The largest absolute Gasteiger partial charge is 0.379 e. The van der Waals surface area contributed by atoms with Gasteiger partial charge in [0.05, 0.1) is 6.10 Å². The standard InChI is InChI=1S/C14H22FNO/c1-14(2,3)13(17-4)12(16)9-10-7-5-6-8-11(10)15/h5-8,12-13H,9,16H2,1-4H3. The molecule has 1 aromatic carbocycles. The summed E-state index contributed by atoms with van der Waals surface area (Å²) in [5, 5.41) is 0. The Bertz CT molecular complexity index is 359. The fourth-order valence-electron chi connectivity index (χ4n) is 2.20. The number of benzene rings is 1. The van der Waals surface area contributed by atoms with Gasteiger partial charge in [0, 0.05) is 13.2 Å². The van der Waals surface area contributed by atoms with Crippen molar-refractivity contribution < 1.29 is 9.13 Å². The SMILES string of the molecule is COC(C(N)Cc1ccccc1F)C(C)(C)C. The summed E-state index contributed by atoms with van der Waals surface area (Å²) in [5.74, 6) is -0.202. The van der Waals surface area contributed by atoms with Gasteiger partial charge in [-0.15, -0.1) is 0 Å². The molecule has 3 heteroatoms. The molecule has 0 bridgehead atoms. The van der Waals surface area contributed by atoms with Crippen LogP contribution in [0.2, 0.25) is 0 Å². The highest BCUT2D eigenvalue weighted by atomic mass is 19.1. The van der Waals surface area contributed by atoms with Crippen LogP contribution in [0, 0.1) is 11.2 Å². The van der Waals surface area contributed by atoms with Crippen LogP contribution >= 0.6 is 0 Å². The van der Waals surface area contributed by atoms with E-state index >= 15 is 0 Å². The summed E-state index contributed by atoms with van der Waals surface area (Å²) in [7, 11) is 1.65. The third-order valence-electron chi connectivity index (χ3n) is 2.91. The quantitative estimate of drug-likeness (QED) is 0.877. The van der Waals surface area contributed by atoms with Crippen molar-refractivity contribution >= 4 is 0 Å². The first-order chi connectivity index (χ1) is 7.86. The van der Waals surface area contributed by atoms with Gasteiger partial charge in [0.25, 0.3) is 0 Å². The number of nitrogens with two attached hydrogens (primary N) is 1. The predicted octanol–water partition coefficient (Wildman–Crippen LogP) is 2.76. The van der Waals surface area contributed by atoms with Crippen molar-refractivity contribution in [3.05, 3.63) is 35.6 Å². The molecular formula is C14H22FNO. The predicted molar refractivity (Wildman–Crippen MR) is 68.3 cm³/mol. The van der Waals surface area contributed by atoms with Crippen LogP contribution in [0.1, 0.15) is 26.3 Å². The molecule has 0 aliphatic heterocycles. The van der Waals surface area contributed by atoms with Crippen molar-refractivity contribution in [1.82, 2.24) is 0 Å². The monoisotopic (exact) mass is 239 g/mol. The molecule has 17 heavy (non-hydrogen) atoms. The van der Waals surface area contributed by atoms with Crippen molar-refractivity contribution in [2.75, 3.05) is 7.11 Å². The lowest BCUT2D eigenvalue weighted by molar-refractivity contribution is -0.00180. The summed E-state index contributed by atoms with van der Waals surface area (Å²) < 4.78 is 19.0. The van der Waals surface area contributed by atoms with E-state index in [9.17, 15) is 4.39 Å². The Kier molecular flexibility index (Phi) is 4.66. The van der Waals surface area contributed by atoms with Crippen molar-refractivity contribution in [2.45, 2.75) is 39.3 Å². The normalized spacial score (nSPS) is 15.6. The smallest absolute Gasteiger partial charge is 0.126 e. The molecule has 2 unspecified atom stereocenters. The van der Waals surface area contributed by atoms with Crippen molar-refractivity contribution in [1.29, 1.82) is 0 Å². The maximum Gasteiger partial charge on any atom is 0.126 e. The fraction of sp³-hybridized carbons (Fsp3) is 0.571. The Balaban J connectivity index is 2.78. The van der Waals surface area contributed by atoms with Crippen LogP contribution in [0.5, 0.6) is 0 Å². The van der Waals surface area contributed by atoms with Gasteiger partial charge in [0.15, 0.2) is 0 Å². The summed E-state index contributed by atoms with van der Waals surface area (Å²) >= 11 is 0. The Labute approximate surface area is 103 Å². The van der Waals surface area contributed by atoms with E-state index < -0.39 is 0 Å². The fourth-order valence-corrected chi connectivity index (χ4v) is 2.20. The maximum absolute atomic E-state index is 13.5. The molecule has 0 heterocycles. The van der Waals surface area contributed by atoms with E-state index in [-0.39, 0.29) is 23.4 Å². The van der Waals surface area contributed by atoms with E-state index in [0.717, 1.165) is 0 Å². The number of halogens is 1. The zero-order chi connectivity index (χ0) is 13.1. The summed E-state index contributed by atoms with van der Waals surface area (Å²) in [6.07, 6.45) is 0.393. The van der Waals surface area contributed by atoms with Gasteiger partial charge >= 0.3 is 0 Å². The van der Waals surface area contributed by atoms with Crippen molar-refractivity contribution in [2.24, 2.45) is 11.1 Å². The molecule has 2 atom stereocenters. The molecule has 0 fully saturated rings. The van der Waals surface area contributed by atoms with Gasteiger partial charge in [-0.25, -0.2) is 4.39 Å². The molecule has 0 aliphatic carbocycles. The van der Waals surface area contributed by atoms with Crippen LogP contribution in [0.25, 0.3) is 0 Å². The van der Waals surface area contributed by atoms with Gasteiger partial charge < -0.3 is 10.5 Å². The zero-order valence-corrected chi connectivity index (χ0v) is 11.0. The molecule has 0 saturated heterocycles. The molecule has 1 rings (SSSR count). The second-order valence-electron chi connectivity index (χ2n) is 5.48. The highest BCUT2D eigenvalue weighted by Gasteiger charge is 2.30. The minimum absolute atomic E-state index is 0.0561. The first-order valence-electron chi connectivity index (χ1n) is 5.88. The lowest BCUT2D eigenvalue weighted by Gasteiger charge is -2.34. The second-order valence-corrected chi connectivity index (χ2v) is 5.48. The van der Waals surface area contributed by atoms with E-state index in [1.54, 1.807) is 19.2 Å². The first-order valence-corrected chi connectivity index (χ1v) is 5.88. The van der Waals surface area contributed by atoms with E-state index in [1.165, 1.54) is 6.07 Å². The van der Waals surface area contributed by atoms with E-state index in [0.29, 0.717) is 12.0 Å². The number of hydrogen-bond acceptors (Lipinski definition) is 2. The lowest BCUT2D eigenvalue weighted by Crippen LogP contribution is -2.46. The van der Waals surface area contributed by atoms with Crippen molar-refractivity contribution in [3.8, 4) is 0 Å². The van der Waals surface area contributed by atoms with Crippen LogP contribution in [-0.4, -0.2) is 19.3 Å². The summed E-state index contributed by atoms with van der Waals surface area (Å²) in [6, 6.07) is 6.52. The van der Waals surface area contributed by atoms with Crippen LogP contribution in [0.4, 0.5) is 4.39 Å². The summed E-state index contributed by atoms with van der Waals surface area (Å²) in [5.41, 5.74) is 6.71. The van der Waals surface area contributed by atoms with E-state index in [1.807, 2.05) is 6.07 Å². The van der Waals surface area contributed by atoms with Crippen LogP contribution in [0.3, 0.4) is 0 Å². The molecule has 0 amide bonds. The molecule has 0 saturated carbocycles. The molecule has 1 aromatic rings. The van der Waals surface area contributed by atoms with Gasteiger partial charge in [-0.05, 0) is 23.5 Å². The Morgan fingerprint density at radius 1 is 1.29 bits per heavy atom. The van der Waals surface area contributed by atoms with Gasteiger partial charge in [0.2, 0.25) is 0 Å². The maximum atomic E-state index is 13.5. The van der Waals surface area contributed by atoms with E-state index in [4.69, 9.17) is 10.5 Å². The van der Waals surface area contributed by atoms with Gasteiger partial charge in [-0.3, -0.25) is 0 Å². The third-order valence-corrected chi connectivity index (χ3v) is 2.91. The number of methoxy groups -OCH3 is 1. The van der Waals surface area contributed by atoms with Crippen molar-refractivity contribution in [3.63, 3.8) is 0 Å². The topological polar surface area (TPSA) is 35.2 Å². The number of rotatable bonds is 4. The minimum atomic E-state index is -0.211. The Morgan fingerprint density at radius 3 is 2.35 bits per heavy atom. The van der Waals surface area contributed by atoms with Gasteiger partial charge in [0.1, 0.15) is 5.82 Å². The van der Waals surface area contributed by atoms with E-state index in [2.05, 4.69) is 20.8 Å². The number of hydrogen-bond donors (Lipinski definition) is 1.